The fraction of sp³-hybridized carbons (Fsp3) is 0.238. The van der Waals surface area contributed by atoms with Crippen LogP contribution in [0.2, 0.25) is 10.0 Å². The Morgan fingerprint density at radius 3 is 1.59 bits per heavy atom. The number of carbonyl (C=O) groups is 2. The summed E-state index contributed by atoms with van der Waals surface area (Å²) in [5.74, 6) is -2.11. The lowest BCUT2D eigenvalue weighted by Gasteiger charge is -2.19. The third kappa shape index (κ3) is 7.33. The largest absolute Gasteiger partial charge is 0.272 e. The molecule has 29 heavy (non-hydrogen) atoms. The highest BCUT2D eigenvalue weighted by Crippen LogP contribution is 2.16. The topological polar surface area (TPSA) is 82.9 Å². The molecule has 0 aromatic heterocycles. The Hall–Kier alpha value is -2.70. The van der Waals surface area contributed by atoms with E-state index in [1.165, 1.54) is 12.4 Å². The number of nitrogens with one attached hydrogen (secondary N) is 2. The maximum Gasteiger partial charge on any atom is 0.252 e. The summed E-state index contributed by atoms with van der Waals surface area (Å²) in [6.45, 7) is 3.74. The summed E-state index contributed by atoms with van der Waals surface area (Å²) in [6, 6.07) is 13.9. The summed E-state index contributed by atoms with van der Waals surface area (Å²) in [7, 11) is 0. The van der Waals surface area contributed by atoms with Gasteiger partial charge in [0.05, 0.1) is 12.4 Å². The number of amides is 2. The highest BCUT2D eigenvalue weighted by atomic mass is 35.5. The zero-order valence-electron chi connectivity index (χ0n) is 16.1. The summed E-state index contributed by atoms with van der Waals surface area (Å²) >= 11 is 11.7. The van der Waals surface area contributed by atoms with E-state index in [0.717, 1.165) is 11.1 Å². The number of rotatable bonds is 8. The van der Waals surface area contributed by atoms with E-state index < -0.39 is 17.7 Å². The van der Waals surface area contributed by atoms with Crippen LogP contribution < -0.4 is 10.9 Å². The van der Waals surface area contributed by atoms with Crippen molar-refractivity contribution in [3.05, 3.63) is 69.7 Å². The number of halogens is 2. The molecule has 1 unspecified atom stereocenters. The van der Waals surface area contributed by atoms with Crippen molar-refractivity contribution < 1.29 is 9.59 Å². The molecule has 0 saturated carbocycles. The molecule has 152 valence electrons. The highest BCUT2D eigenvalue weighted by molar-refractivity contribution is 6.30. The van der Waals surface area contributed by atoms with Crippen molar-refractivity contribution >= 4 is 47.4 Å². The Morgan fingerprint density at radius 1 is 0.862 bits per heavy atom. The van der Waals surface area contributed by atoms with Gasteiger partial charge in [-0.2, -0.15) is 10.2 Å². The van der Waals surface area contributed by atoms with E-state index in [0.29, 0.717) is 16.5 Å². The molecule has 2 aromatic rings. The first-order valence-corrected chi connectivity index (χ1v) is 9.83. The van der Waals surface area contributed by atoms with Gasteiger partial charge in [0.25, 0.3) is 11.8 Å². The van der Waals surface area contributed by atoms with Crippen LogP contribution in [0.4, 0.5) is 0 Å². The maximum atomic E-state index is 12.5. The second-order valence-corrected chi connectivity index (χ2v) is 7.31. The molecule has 0 fully saturated rings. The molecule has 0 spiro atoms. The summed E-state index contributed by atoms with van der Waals surface area (Å²) < 4.78 is 0. The Labute approximate surface area is 180 Å². The second-order valence-electron chi connectivity index (χ2n) is 6.43. The molecule has 0 aliphatic rings. The maximum absolute atomic E-state index is 12.5. The Balaban J connectivity index is 1.99. The van der Waals surface area contributed by atoms with Gasteiger partial charge in [-0.25, -0.2) is 10.9 Å². The second kappa shape index (κ2) is 11.3. The van der Waals surface area contributed by atoms with Crippen molar-refractivity contribution in [2.45, 2.75) is 20.3 Å². The van der Waals surface area contributed by atoms with Crippen LogP contribution in [-0.2, 0) is 9.59 Å². The third-order valence-corrected chi connectivity index (χ3v) is 4.80. The van der Waals surface area contributed by atoms with E-state index in [-0.39, 0.29) is 5.92 Å². The van der Waals surface area contributed by atoms with Crippen LogP contribution in [0, 0.1) is 11.8 Å². The van der Waals surface area contributed by atoms with Crippen LogP contribution in [0.15, 0.2) is 58.7 Å². The number of hydrogen-bond donors (Lipinski definition) is 2. The minimum absolute atomic E-state index is 0.188. The van der Waals surface area contributed by atoms with Gasteiger partial charge in [-0.3, -0.25) is 9.59 Å². The van der Waals surface area contributed by atoms with Crippen molar-refractivity contribution in [2.75, 3.05) is 0 Å². The summed E-state index contributed by atoms with van der Waals surface area (Å²) in [5, 5.41) is 9.08. The molecule has 8 heteroatoms. The molecule has 2 rings (SSSR count). The molecule has 2 aromatic carbocycles. The van der Waals surface area contributed by atoms with E-state index in [9.17, 15) is 9.59 Å². The van der Waals surface area contributed by atoms with Gasteiger partial charge in [-0.15, -0.1) is 0 Å². The van der Waals surface area contributed by atoms with Crippen molar-refractivity contribution in [1.82, 2.24) is 10.9 Å². The van der Waals surface area contributed by atoms with Gasteiger partial charge < -0.3 is 0 Å². The normalized spacial score (nSPS) is 12.4. The monoisotopic (exact) mass is 432 g/mol. The molecular weight excluding hydrogens is 411 g/mol. The summed E-state index contributed by atoms with van der Waals surface area (Å²) in [4.78, 5) is 25.1. The molecule has 0 aliphatic carbocycles. The van der Waals surface area contributed by atoms with Gasteiger partial charge in [-0.1, -0.05) is 67.7 Å². The first kappa shape index (κ1) is 22.6. The van der Waals surface area contributed by atoms with Gasteiger partial charge in [0.2, 0.25) is 0 Å². The van der Waals surface area contributed by atoms with E-state index in [1.54, 1.807) is 48.5 Å². The van der Waals surface area contributed by atoms with Crippen LogP contribution in [0.5, 0.6) is 0 Å². The molecule has 0 saturated heterocycles. The minimum atomic E-state index is -0.926. The predicted octanol–water partition coefficient (Wildman–Crippen LogP) is 4.26. The van der Waals surface area contributed by atoms with E-state index >= 15 is 0 Å². The number of hydrazone groups is 2. The average molecular weight is 433 g/mol. The summed E-state index contributed by atoms with van der Waals surface area (Å²) in [5.41, 5.74) is 6.39. The quantitative estimate of drug-likeness (QED) is 0.371. The lowest BCUT2D eigenvalue weighted by atomic mass is 9.90. The van der Waals surface area contributed by atoms with Crippen LogP contribution in [-0.4, -0.2) is 24.2 Å². The minimum Gasteiger partial charge on any atom is -0.272 e. The molecule has 0 heterocycles. The Kier molecular flexibility index (Phi) is 8.83. The van der Waals surface area contributed by atoms with Gasteiger partial charge in [0.15, 0.2) is 0 Å². The van der Waals surface area contributed by atoms with Crippen LogP contribution >= 0.6 is 23.2 Å². The molecule has 2 amide bonds. The number of hydrogen-bond acceptors (Lipinski definition) is 4. The van der Waals surface area contributed by atoms with Crippen molar-refractivity contribution in [3.8, 4) is 0 Å². The SMILES string of the molecule is CCC(C)C(C(=O)N/N=C/c1ccc(Cl)cc1)C(=O)N/N=C/c1ccc(Cl)cc1. The highest BCUT2D eigenvalue weighted by Gasteiger charge is 2.31. The average Bonchev–Trinajstić information content (AvgIpc) is 2.71. The van der Waals surface area contributed by atoms with Crippen molar-refractivity contribution in [3.63, 3.8) is 0 Å². The van der Waals surface area contributed by atoms with Gasteiger partial charge >= 0.3 is 0 Å². The van der Waals surface area contributed by atoms with Crippen LogP contribution in [0.25, 0.3) is 0 Å². The molecule has 1 atom stereocenters. The first-order valence-electron chi connectivity index (χ1n) is 9.07. The van der Waals surface area contributed by atoms with Crippen molar-refractivity contribution in [1.29, 1.82) is 0 Å². The zero-order valence-corrected chi connectivity index (χ0v) is 17.6. The lowest BCUT2D eigenvalue weighted by molar-refractivity contribution is -0.137. The fourth-order valence-corrected chi connectivity index (χ4v) is 2.70. The molecule has 0 bridgehead atoms. The lowest BCUT2D eigenvalue weighted by Crippen LogP contribution is -2.41. The van der Waals surface area contributed by atoms with Gasteiger partial charge in [0.1, 0.15) is 5.92 Å². The first-order chi connectivity index (χ1) is 13.9. The number of carbonyl (C=O) groups excluding carboxylic acids is 2. The molecule has 0 radical (unpaired) electrons. The number of benzene rings is 2. The molecular formula is C21H22Cl2N4O2. The van der Waals surface area contributed by atoms with E-state index in [2.05, 4.69) is 21.1 Å². The van der Waals surface area contributed by atoms with Gasteiger partial charge in [0, 0.05) is 10.0 Å². The van der Waals surface area contributed by atoms with Crippen molar-refractivity contribution in [2.24, 2.45) is 22.0 Å². The number of nitrogens with zero attached hydrogens (tertiary/aromatic N) is 2. The molecule has 2 N–H and O–H groups in total. The standard InChI is InChI=1S/C21H22Cl2N4O2/c1-3-14(2)19(20(28)26-24-12-15-4-8-17(22)9-5-15)21(29)27-25-13-16-6-10-18(23)11-7-16/h4-14,19H,3H2,1-2H3,(H,26,28)(H,27,29)/b24-12+,25-13+. The fourth-order valence-electron chi connectivity index (χ4n) is 2.45. The van der Waals surface area contributed by atoms with E-state index in [4.69, 9.17) is 23.2 Å². The zero-order chi connectivity index (χ0) is 21.2. The van der Waals surface area contributed by atoms with E-state index in [1.807, 2.05) is 13.8 Å². The Morgan fingerprint density at radius 2 is 1.24 bits per heavy atom. The summed E-state index contributed by atoms with van der Waals surface area (Å²) in [6.07, 6.45) is 3.62. The molecule has 0 aliphatic heterocycles. The third-order valence-electron chi connectivity index (χ3n) is 4.29. The smallest absolute Gasteiger partial charge is 0.252 e. The Bertz CT molecular complexity index is 811. The van der Waals surface area contributed by atoms with Gasteiger partial charge in [-0.05, 0) is 41.3 Å². The predicted molar refractivity (Wildman–Crippen MR) is 117 cm³/mol. The van der Waals surface area contributed by atoms with Crippen LogP contribution in [0.3, 0.4) is 0 Å². The van der Waals surface area contributed by atoms with Crippen LogP contribution in [0.1, 0.15) is 31.4 Å². The molecule has 6 nitrogen and oxygen atoms in total.